The standard InChI is InChI=1S/C26H23ClFN3O3/c27-19-7-1-6-12-24(19)34-16-18(32)15-31-23-11-5-3-9-21(23)29-26(31)17-13-25(33)30(14-17)22-10-4-2-8-20(22)28/h1-12,17-18,32H,13-16H2/t17-,18-/m0/s1. The highest BCUT2D eigenvalue weighted by Crippen LogP contribution is 2.34. The van der Waals surface area contributed by atoms with Gasteiger partial charge in [-0.15, -0.1) is 0 Å². The molecule has 1 amide bonds. The molecular formula is C26H23ClFN3O3. The predicted molar refractivity (Wildman–Crippen MR) is 129 cm³/mol. The summed E-state index contributed by atoms with van der Waals surface area (Å²) in [4.78, 5) is 19.0. The Morgan fingerprint density at radius 3 is 2.65 bits per heavy atom. The molecule has 1 N–H and O–H groups in total. The molecule has 1 saturated heterocycles. The molecule has 4 aromatic rings. The number of para-hydroxylation sites is 4. The summed E-state index contributed by atoms with van der Waals surface area (Å²) in [6.07, 6.45) is -0.628. The lowest BCUT2D eigenvalue weighted by Gasteiger charge is -2.19. The second-order valence-electron chi connectivity index (χ2n) is 8.32. The van der Waals surface area contributed by atoms with E-state index in [0.29, 0.717) is 23.1 Å². The number of carbonyl (C=O) groups is 1. The van der Waals surface area contributed by atoms with E-state index in [1.807, 2.05) is 41.0 Å². The number of nitrogens with zero attached hydrogens (tertiary/aromatic N) is 3. The summed E-state index contributed by atoms with van der Waals surface area (Å²) in [6, 6.07) is 21.0. The molecule has 2 atom stereocenters. The Labute approximate surface area is 201 Å². The summed E-state index contributed by atoms with van der Waals surface area (Å²) in [5.41, 5.74) is 1.89. The number of benzene rings is 3. The van der Waals surface area contributed by atoms with Gasteiger partial charge in [0, 0.05) is 18.9 Å². The number of hydrogen-bond donors (Lipinski definition) is 1. The van der Waals surface area contributed by atoms with Crippen molar-refractivity contribution in [3.8, 4) is 5.75 Å². The van der Waals surface area contributed by atoms with Gasteiger partial charge < -0.3 is 19.3 Å². The van der Waals surface area contributed by atoms with E-state index in [1.54, 1.807) is 30.3 Å². The molecule has 0 bridgehead atoms. The maximum absolute atomic E-state index is 14.3. The number of aromatic nitrogens is 2. The zero-order valence-electron chi connectivity index (χ0n) is 18.3. The predicted octanol–water partition coefficient (Wildman–Crippen LogP) is 4.79. The van der Waals surface area contributed by atoms with Crippen molar-refractivity contribution in [2.45, 2.75) is 25.0 Å². The summed E-state index contributed by atoms with van der Waals surface area (Å²) >= 11 is 6.14. The summed E-state index contributed by atoms with van der Waals surface area (Å²) in [5, 5.41) is 11.2. The first kappa shape index (κ1) is 22.4. The quantitative estimate of drug-likeness (QED) is 0.414. The maximum Gasteiger partial charge on any atom is 0.227 e. The maximum atomic E-state index is 14.3. The Morgan fingerprint density at radius 2 is 1.82 bits per heavy atom. The van der Waals surface area contributed by atoms with Crippen molar-refractivity contribution in [3.63, 3.8) is 0 Å². The first-order valence-electron chi connectivity index (χ1n) is 11.1. The van der Waals surface area contributed by atoms with Gasteiger partial charge in [0.25, 0.3) is 0 Å². The van der Waals surface area contributed by atoms with Gasteiger partial charge >= 0.3 is 0 Å². The third-order valence-electron chi connectivity index (χ3n) is 5.98. The van der Waals surface area contributed by atoms with Crippen LogP contribution in [-0.2, 0) is 11.3 Å². The van der Waals surface area contributed by atoms with Crippen LogP contribution in [0.1, 0.15) is 18.2 Å². The van der Waals surface area contributed by atoms with E-state index in [-0.39, 0.29) is 37.1 Å². The van der Waals surface area contributed by atoms with Gasteiger partial charge in [-0.3, -0.25) is 4.79 Å². The monoisotopic (exact) mass is 479 g/mol. The molecule has 34 heavy (non-hydrogen) atoms. The Morgan fingerprint density at radius 1 is 1.09 bits per heavy atom. The van der Waals surface area contributed by atoms with Crippen molar-refractivity contribution < 1.29 is 19.0 Å². The lowest BCUT2D eigenvalue weighted by atomic mass is 10.1. The number of imidazole rings is 1. The van der Waals surface area contributed by atoms with Gasteiger partial charge in [0.05, 0.1) is 28.3 Å². The number of halogens is 2. The Bertz CT molecular complexity index is 1340. The highest BCUT2D eigenvalue weighted by Gasteiger charge is 2.36. The van der Waals surface area contributed by atoms with Gasteiger partial charge in [0.2, 0.25) is 5.91 Å². The Balaban J connectivity index is 1.40. The molecule has 1 fully saturated rings. The highest BCUT2D eigenvalue weighted by atomic mass is 35.5. The number of amides is 1. The Kier molecular flexibility index (Phi) is 6.22. The normalized spacial score (nSPS) is 16.9. The zero-order valence-corrected chi connectivity index (χ0v) is 19.0. The van der Waals surface area contributed by atoms with Gasteiger partial charge in [-0.25, -0.2) is 9.37 Å². The fraction of sp³-hybridized carbons (Fsp3) is 0.231. The zero-order chi connectivity index (χ0) is 23.7. The summed E-state index contributed by atoms with van der Waals surface area (Å²) in [6.45, 7) is 0.584. The minimum absolute atomic E-state index is 0.0423. The highest BCUT2D eigenvalue weighted by molar-refractivity contribution is 6.32. The number of aliphatic hydroxyl groups excluding tert-OH is 1. The second-order valence-corrected chi connectivity index (χ2v) is 8.73. The van der Waals surface area contributed by atoms with Crippen LogP contribution in [0, 0.1) is 5.82 Å². The number of aliphatic hydroxyl groups is 1. The van der Waals surface area contributed by atoms with Crippen LogP contribution in [0.15, 0.2) is 72.8 Å². The van der Waals surface area contributed by atoms with Gasteiger partial charge in [-0.1, -0.05) is 48.0 Å². The summed E-state index contributed by atoms with van der Waals surface area (Å²) < 4.78 is 22.0. The van der Waals surface area contributed by atoms with Gasteiger partial charge in [0.1, 0.15) is 30.1 Å². The van der Waals surface area contributed by atoms with Crippen LogP contribution in [0.4, 0.5) is 10.1 Å². The van der Waals surface area contributed by atoms with Gasteiger partial charge in [-0.05, 0) is 36.4 Å². The molecule has 1 aliphatic rings. The van der Waals surface area contributed by atoms with Crippen LogP contribution in [0.3, 0.4) is 0 Å². The molecule has 2 heterocycles. The van der Waals surface area contributed by atoms with Crippen molar-refractivity contribution in [2.24, 2.45) is 0 Å². The van der Waals surface area contributed by atoms with E-state index in [2.05, 4.69) is 0 Å². The third kappa shape index (κ3) is 4.36. The summed E-state index contributed by atoms with van der Waals surface area (Å²) in [5.74, 6) is 0.357. The van der Waals surface area contributed by atoms with Crippen molar-refractivity contribution in [2.75, 3.05) is 18.1 Å². The minimum Gasteiger partial charge on any atom is -0.489 e. The average molecular weight is 480 g/mol. The van der Waals surface area contributed by atoms with Gasteiger partial charge in [-0.2, -0.15) is 0 Å². The molecule has 0 saturated carbocycles. The first-order valence-corrected chi connectivity index (χ1v) is 11.4. The van der Waals surface area contributed by atoms with Crippen molar-refractivity contribution >= 4 is 34.2 Å². The number of ether oxygens (including phenoxy) is 1. The van der Waals surface area contributed by atoms with E-state index in [1.165, 1.54) is 11.0 Å². The number of carbonyl (C=O) groups excluding carboxylic acids is 1. The van der Waals surface area contributed by atoms with Crippen molar-refractivity contribution in [1.29, 1.82) is 0 Å². The lowest BCUT2D eigenvalue weighted by Crippen LogP contribution is -2.27. The van der Waals surface area contributed by atoms with Crippen LogP contribution in [-0.4, -0.2) is 39.8 Å². The fourth-order valence-electron chi connectivity index (χ4n) is 4.39. The molecule has 1 aliphatic heterocycles. The van der Waals surface area contributed by atoms with Crippen LogP contribution in [0.2, 0.25) is 5.02 Å². The van der Waals surface area contributed by atoms with Gasteiger partial charge in [0.15, 0.2) is 0 Å². The van der Waals surface area contributed by atoms with Crippen LogP contribution in [0.5, 0.6) is 5.75 Å². The lowest BCUT2D eigenvalue weighted by molar-refractivity contribution is -0.117. The van der Waals surface area contributed by atoms with E-state index in [4.69, 9.17) is 21.3 Å². The van der Waals surface area contributed by atoms with E-state index in [9.17, 15) is 14.3 Å². The molecule has 3 aromatic carbocycles. The van der Waals surface area contributed by atoms with Crippen molar-refractivity contribution in [3.05, 3.63) is 89.5 Å². The molecule has 6 nitrogen and oxygen atoms in total. The van der Waals surface area contributed by atoms with E-state index < -0.39 is 11.9 Å². The summed E-state index contributed by atoms with van der Waals surface area (Å²) in [7, 11) is 0. The molecule has 0 spiro atoms. The minimum atomic E-state index is -0.840. The number of rotatable bonds is 7. The molecule has 174 valence electrons. The largest absolute Gasteiger partial charge is 0.489 e. The van der Waals surface area contributed by atoms with E-state index >= 15 is 0 Å². The molecular weight excluding hydrogens is 457 g/mol. The van der Waals surface area contributed by atoms with E-state index in [0.717, 1.165) is 11.0 Å². The molecule has 8 heteroatoms. The molecule has 0 aliphatic carbocycles. The average Bonchev–Trinajstić information content (AvgIpc) is 3.39. The van der Waals surface area contributed by atoms with Crippen LogP contribution >= 0.6 is 11.6 Å². The van der Waals surface area contributed by atoms with Crippen LogP contribution in [0.25, 0.3) is 11.0 Å². The third-order valence-corrected chi connectivity index (χ3v) is 6.29. The van der Waals surface area contributed by atoms with Crippen LogP contribution < -0.4 is 9.64 Å². The number of fused-ring (bicyclic) bond motifs is 1. The molecule has 1 aromatic heterocycles. The smallest absolute Gasteiger partial charge is 0.227 e. The van der Waals surface area contributed by atoms with Crippen molar-refractivity contribution in [1.82, 2.24) is 9.55 Å². The number of anilines is 1. The Hall–Kier alpha value is -3.42. The number of hydrogen-bond acceptors (Lipinski definition) is 4. The molecule has 5 rings (SSSR count). The second kappa shape index (κ2) is 9.44. The topological polar surface area (TPSA) is 67.6 Å². The molecule has 0 unspecified atom stereocenters. The fourth-order valence-corrected chi connectivity index (χ4v) is 4.58. The first-order chi connectivity index (χ1) is 16.5. The molecule has 0 radical (unpaired) electrons. The SMILES string of the molecule is O=C1C[C@H](c2nc3ccccc3n2C[C@H](O)COc2ccccc2Cl)CN1c1ccccc1F.